The van der Waals surface area contributed by atoms with Gasteiger partial charge in [-0.2, -0.15) is 0 Å². The second kappa shape index (κ2) is 9.37. The van der Waals surface area contributed by atoms with Gasteiger partial charge in [-0.25, -0.2) is 0 Å². The fourth-order valence-electron chi connectivity index (χ4n) is 2.78. The molecule has 1 aromatic heterocycles. The summed E-state index contributed by atoms with van der Waals surface area (Å²) < 4.78 is 12.2. The lowest BCUT2D eigenvalue weighted by Crippen LogP contribution is -2.20. The monoisotopic (exact) mass is 463 g/mol. The lowest BCUT2D eigenvalue weighted by molar-refractivity contribution is -0.118. The maximum absolute atomic E-state index is 12.1. The van der Waals surface area contributed by atoms with E-state index in [1.54, 1.807) is 12.1 Å². The summed E-state index contributed by atoms with van der Waals surface area (Å²) in [6, 6.07) is 24.5. The zero-order chi connectivity index (χ0) is 20.8. The van der Waals surface area contributed by atoms with Crippen LogP contribution in [-0.2, 0) is 11.2 Å². The van der Waals surface area contributed by atoms with E-state index in [-0.39, 0.29) is 12.5 Å². The Morgan fingerprint density at radius 2 is 1.67 bits per heavy atom. The molecule has 0 atom stereocenters. The van der Waals surface area contributed by atoms with E-state index < -0.39 is 0 Å². The standard InChI is InChI=1S/C23H18BrN3O3/c24-18-8-12-20(13-9-18)29-15-21(28)25-19-10-6-16(7-11-19)14-22-26-27-23(30-22)17-4-2-1-3-5-17/h1-13H,14-15H2,(H,25,28). The molecule has 1 heterocycles. The summed E-state index contributed by atoms with van der Waals surface area (Å²) in [6.45, 7) is -0.0619. The molecule has 1 amide bonds. The molecule has 0 radical (unpaired) electrons. The summed E-state index contributed by atoms with van der Waals surface area (Å²) >= 11 is 3.36. The minimum absolute atomic E-state index is 0.0619. The number of hydrogen-bond donors (Lipinski definition) is 1. The highest BCUT2D eigenvalue weighted by molar-refractivity contribution is 9.10. The van der Waals surface area contributed by atoms with Crippen molar-refractivity contribution in [1.82, 2.24) is 10.2 Å². The highest BCUT2D eigenvalue weighted by Crippen LogP contribution is 2.19. The van der Waals surface area contributed by atoms with E-state index in [9.17, 15) is 4.79 Å². The summed E-state index contributed by atoms with van der Waals surface area (Å²) in [7, 11) is 0. The highest BCUT2D eigenvalue weighted by atomic mass is 79.9. The number of nitrogens with zero attached hydrogens (tertiary/aromatic N) is 2. The van der Waals surface area contributed by atoms with Gasteiger partial charge in [0.05, 0.1) is 6.42 Å². The molecule has 0 saturated carbocycles. The number of anilines is 1. The van der Waals surface area contributed by atoms with Crippen molar-refractivity contribution in [2.75, 3.05) is 11.9 Å². The van der Waals surface area contributed by atoms with Crippen molar-refractivity contribution in [3.63, 3.8) is 0 Å². The van der Waals surface area contributed by atoms with Crippen LogP contribution in [0.5, 0.6) is 5.75 Å². The maximum Gasteiger partial charge on any atom is 0.262 e. The van der Waals surface area contributed by atoms with Crippen molar-refractivity contribution in [3.8, 4) is 17.2 Å². The molecular formula is C23H18BrN3O3. The van der Waals surface area contributed by atoms with Crippen molar-refractivity contribution in [3.05, 3.63) is 94.8 Å². The molecular weight excluding hydrogens is 446 g/mol. The summed E-state index contributed by atoms with van der Waals surface area (Å²) in [6.07, 6.45) is 0.515. The van der Waals surface area contributed by atoms with Crippen molar-refractivity contribution in [2.45, 2.75) is 6.42 Å². The highest BCUT2D eigenvalue weighted by Gasteiger charge is 2.09. The number of nitrogens with one attached hydrogen (secondary N) is 1. The van der Waals surface area contributed by atoms with Crippen LogP contribution < -0.4 is 10.1 Å². The number of hydrogen-bond acceptors (Lipinski definition) is 5. The SMILES string of the molecule is O=C(COc1ccc(Br)cc1)Nc1ccc(Cc2nnc(-c3ccccc3)o2)cc1. The minimum Gasteiger partial charge on any atom is -0.484 e. The first-order valence-corrected chi connectivity index (χ1v) is 10.1. The smallest absolute Gasteiger partial charge is 0.262 e. The molecule has 7 heteroatoms. The van der Waals surface area contributed by atoms with Crippen molar-refractivity contribution in [1.29, 1.82) is 0 Å². The van der Waals surface area contributed by atoms with Crippen LogP contribution in [0, 0.1) is 0 Å². The quantitative estimate of drug-likeness (QED) is 0.412. The lowest BCUT2D eigenvalue weighted by atomic mass is 10.1. The Bertz CT molecular complexity index is 1110. The van der Waals surface area contributed by atoms with E-state index in [2.05, 4.69) is 31.4 Å². The van der Waals surface area contributed by atoms with Crippen LogP contribution in [0.25, 0.3) is 11.5 Å². The average molecular weight is 464 g/mol. The normalized spacial score (nSPS) is 10.6. The Morgan fingerprint density at radius 3 is 2.40 bits per heavy atom. The fourth-order valence-corrected chi connectivity index (χ4v) is 3.04. The van der Waals surface area contributed by atoms with E-state index in [4.69, 9.17) is 9.15 Å². The number of ether oxygens (including phenoxy) is 1. The molecule has 0 unspecified atom stereocenters. The summed E-state index contributed by atoms with van der Waals surface area (Å²) in [5.74, 6) is 1.45. The molecule has 0 aliphatic carbocycles. The summed E-state index contributed by atoms with van der Waals surface area (Å²) in [5.41, 5.74) is 2.58. The van der Waals surface area contributed by atoms with Gasteiger partial charge in [-0.1, -0.05) is 46.3 Å². The van der Waals surface area contributed by atoms with Gasteiger partial charge in [-0.3, -0.25) is 4.79 Å². The summed E-state index contributed by atoms with van der Waals surface area (Å²) in [4.78, 5) is 12.1. The van der Waals surface area contributed by atoms with Crippen LogP contribution in [0.4, 0.5) is 5.69 Å². The van der Waals surface area contributed by atoms with Gasteiger partial charge in [0.2, 0.25) is 11.8 Å². The van der Waals surface area contributed by atoms with E-state index in [1.165, 1.54) is 0 Å². The number of carbonyl (C=O) groups is 1. The van der Waals surface area contributed by atoms with Crippen molar-refractivity contribution >= 4 is 27.5 Å². The molecule has 0 saturated heterocycles. The topological polar surface area (TPSA) is 77.2 Å². The molecule has 4 aromatic rings. The van der Waals surface area contributed by atoms with E-state index >= 15 is 0 Å². The fraction of sp³-hybridized carbons (Fsp3) is 0.0870. The van der Waals surface area contributed by atoms with Crippen LogP contribution in [0.15, 0.2) is 87.8 Å². The Kier molecular flexibility index (Phi) is 6.20. The lowest BCUT2D eigenvalue weighted by Gasteiger charge is -2.08. The van der Waals surface area contributed by atoms with Gasteiger partial charge in [0, 0.05) is 15.7 Å². The van der Waals surface area contributed by atoms with Gasteiger partial charge in [-0.05, 0) is 54.1 Å². The predicted octanol–water partition coefficient (Wildman–Crippen LogP) is 5.11. The van der Waals surface area contributed by atoms with Gasteiger partial charge in [-0.15, -0.1) is 10.2 Å². The number of amides is 1. The first-order chi connectivity index (χ1) is 14.7. The third-order valence-corrected chi connectivity index (χ3v) is 4.79. The molecule has 6 nitrogen and oxygen atoms in total. The number of aromatic nitrogens is 2. The third kappa shape index (κ3) is 5.33. The molecule has 3 aromatic carbocycles. The first-order valence-electron chi connectivity index (χ1n) is 9.31. The second-order valence-electron chi connectivity index (χ2n) is 6.53. The predicted molar refractivity (Wildman–Crippen MR) is 117 cm³/mol. The summed E-state index contributed by atoms with van der Waals surface area (Å²) in [5, 5.41) is 11.0. The molecule has 0 aliphatic heterocycles. The largest absolute Gasteiger partial charge is 0.484 e. The molecule has 0 aliphatic rings. The zero-order valence-corrected chi connectivity index (χ0v) is 17.5. The molecule has 1 N–H and O–H groups in total. The number of carbonyl (C=O) groups excluding carboxylic acids is 1. The van der Waals surface area contributed by atoms with Gasteiger partial charge < -0.3 is 14.5 Å². The Hall–Kier alpha value is -3.45. The van der Waals surface area contributed by atoms with Crippen LogP contribution >= 0.6 is 15.9 Å². The molecule has 150 valence electrons. The molecule has 0 spiro atoms. The van der Waals surface area contributed by atoms with E-state index in [0.717, 1.165) is 15.6 Å². The van der Waals surface area contributed by atoms with Crippen LogP contribution in [0.2, 0.25) is 0 Å². The van der Waals surface area contributed by atoms with Crippen LogP contribution in [0.3, 0.4) is 0 Å². The molecule has 4 rings (SSSR count). The van der Waals surface area contributed by atoms with Crippen LogP contribution in [0.1, 0.15) is 11.5 Å². The number of rotatable bonds is 7. The van der Waals surface area contributed by atoms with Crippen LogP contribution in [-0.4, -0.2) is 22.7 Å². The second-order valence-corrected chi connectivity index (χ2v) is 7.45. The van der Waals surface area contributed by atoms with E-state index in [0.29, 0.717) is 29.6 Å². The minimum atomic E-state index is -0.227. The van der Waals surface area contributed by atoms with Gasteiger partial charge >= 0.3 is 0 Å². The maximum atomic E-state index is 12.1. The molecule has 0 fully saturated rings. The Balaban J connectivity index is 1.30. The Morgan fingerprint density at radius 1 is 0.933 bits per heavy atom. The van der Waals surface area contributed by atoms with Gasteiger partial charge in [0.15, 0.2) is 6.61 Å². The average Bonchev–Trinajstić information content (AvgIpc) is 3.24. The Labute approximate surface area is 182 Å². The van der Waals surface area contributed by atoms with Crippen molar-refractivity contribution in [2.24, 2.45) is 0 Å². The third-order valence-electron chi connectivity index (χ3n) is 4.26. The number of halogens is 1. The zero-order valence-electron chi connectivity index (χ0n) is 15.9. The molecule has 30 heavy (non-hydrogen) atoms. The van der Waals surface area contributed by atoms with Crippen molar-refractivity contribution < 1.29 is 13.9 Å². The number of benzene rings is 3. The molecule has 0 bridgehead atoms. The first kappa shape index (κ1) is 19.8. The van der Waals surface area contributed by atoms with Gasteiger partial charge in [0.1, 0.15) is 5.75 Å². The van der Waals surface area contributed by atoms with E-state index in [1.807, 2.05) is 66.7 Å². The van der Waals surface area contributed by atoms with Gasteiger partial charge in [0.25, 0.3) is 5.91 Å².